The number of aliphatic hydroxyl groups is 1. The van der Waals surface area contributed by atoms with Crippen molar-refractivity contribution in [1.29, 1.82) is 0 Å². The smallest absolute Gasteiger partial charge is 0.326 e. The minimum absolute atomic E-state index is 0.0158. The van der Waals surface area contributed by atoms with Crippen molar-refractivity contribution in [2.45, 2.75) is 49.9 Å². The zero-order chi connectivity index (χ0) is 33.2. The molecular weight excluding hydrogens is 594 g/mol. The summed E-state index contributed by atoms with van der Waals surface area (Å²) in [5, 5.41) is 28.8. The molecule has 0 aliphatic rings. The number of aliphatic imine (C=N–C) groups is 1. The van der Waals surface area contributed by atoms with Gasteiger partial charge in [-0.1, -0.05) is 36.4 Å². The lowest BCUT2D eigenvalue weighted by molar-refractivity contribution is -0.142. The SMILES string of the molecule is NC(N)=NCCCC(NC(=O)C(Cc1c[nH]c2ccccc12)NC(=O)C(N)CO)C(=O)NC(Cc1c[nH]c2ccccc12)C(=O)O. The van der Waals surface area contributed by atoms with Gasteiger partial charge < -0.3 is 53.3 Å². The van der Waals surface area contributed by atoms with E-state index in [1.807, 2.05) is 48.5 Å². The number of aliphatic hydroxyl groups excluding tert-OH is 1. The molecule has 4 aromatic rings. The number of carboxylic acid groups (broad SMARTS) is 1. The Balaban J connectivity index is 1.55. The molecule has 4 unspecified atom stereocenters. The molecule has 2 aromatic heterocycles. The van der Waals surface area contributed by atoms with Crippen molar-refractivity contribution >= 4 is 51.5 Å². The molecule has 2 heterocycles. The van der Waals surface area contributed by atoms with Crippen LogP contribution in [0.2, 0.25) is 0 Å². The number of amides is 3. The molecule has 4 atom stereocenters. The number of carbonyl (C=O) groups excluding carboxylic acids is 3. The number of carbonyl (C=O) groups is 4. The van der Waals surface area contributed by atoms with Crippen LogP contribution >= 0.6 is 0 Å². The number of hydrogen-bond acceptors (Lipinski definition) is 7. The zero-order valence-electron chi connectivity index (χ0n) is 25.0. The van der Waals surface area contributed by atoms with E-state index in [4.69, 9.17) is 17.2 Å². The van der Waals surface area contributed by atoms with Crippen LogP contribution < -0.4 is 33.2 Å². The number of aliphatic carboxylic acids is 1. The summed E-state index contributed by atoms with van der Waals surface area (Å²) in [6.07, 6.45) is 3.74. The lowest BCUT2D eigenvalue weighted by Gasteiger charge is -2.25. The van der Waals surface area contributed by atoms with Gasteiger partial charge in [-0.25, -0.2) is 4.79 Å². The molecule has 15 nitrogen and oxygen atoms in total. The molecule has 15 heteroatoms. The predicted octanol–water partition coefficient (Wildman–Crippen LogP) is -0.653. The second-order valence-electron chi connectivity index (χ2n) is 10.9. The molecule has 0 fully saturated rings. The van der Waals surface area contributed by atoms with Crippen LogP contribution in [0.1, 0.15) is 24.0 Å². The Morgan fingerprint density at radius 2 is 1.26 bits per heavy atom. The number of nitrogens with one attached hydrogen (secondary N) is 5. The van der Waals surface area contributed by atoms with E-state index in [2.05, 4.69) is 30.9 Å². The molecule has 0 aliphatic heterocycles. The van der Waals surface area contributed by atoms with E-state index in [9.17, 15) is 29.4 Å². The largest absolute Gasteiger partial charge is 0.480 e. The Morgan fingerprint density at radius 1 is 0.761 bits per heavy atom. The second kappa shape index (κ2) is 15.5. The Morgan fingerprint density at radius 3 is 1.80 bits per heavy atom. The number of para-hydroxylation sites is 2. The molecule has 0 aliphatic carbocycles. The molecule has 0 radical (unpaired) electrons. The summed E-state index contributed by atoms with van der Waals surface area (Å²) in [5.41, 5.74) is 19.6. The highest BCUT2D eigenvalue weighted by Crippen LogP contribution is 2.21. The fraction of sp³-hybridized carbons (Fsp3) is 0.323. The third kappa shape index (κ3) is 8.61. The van der Waals surface area contributed by atoms with E-state index in [1.165, 1.54) is 0 Å². The topological polar surface area (TPSA) is 267 Å². The van der Waals surface area contributed by atoms with Crippen LogP contribution in [-0.2, 0) is 32.0 Å². The third-order valence-electron chi connectivity index (χ3n) is 7.56. The number of hydrogen-bond donors (Lipinski definition) is 10. The van der Waals surface area contributed by atoms with Crippen LogP contribution in [0.3, 0.4) is 0 Å². The number of guanidine groups is 1. The van der Waals surface area contributed by atoms with Crippen LogP contribution in [0, 0.1) is 0 Å². The molecule has 4 rings (SSSR count). The summed E-state index contributed by atoms with van der Waals surface area (Å²) in [6, 6.07) is 9.79. The summed E-state index contributed by atoms with van der Waals surface area (Å²) in [4.78, 5) is 62.3. The van der Waals surface area contributed by atoms with Crippen LogP contribution in [0.5, 0.6) is 0 Å². The predicted molar refractivity (Wildman–Crippen MR) is 172 cm³/mol. The first-order valence-electron chi connectivity index (χ1n) is 14.7. The van der Waals surface area contributed by atoms with Gasteiger partial charge in [-0.15, -0.1) is 0 Å². The van der Waals surface area contributed by atoms with Gasteiger partial charge in [0.15, 0.2) is 5.96 Å². The van der Waals surface area contributed by atoms with Gasteiger partial charge in [0.2, 0.25) is 17.7 Å². The first-order valence-corrected chi connectivity index (χ1v) is 14.7. The maximum Gasteiger partial charge on any atom is 0.326 e. The van der Waals surface area contributed by atoms with Gasteiger partial charge in [-0.2, -0.15) is 0 Å². The fourth-order valence-corrected chi connectivity index (χ4v) is 5.13. The van der Waals surface area contributed by atoms with Gasteiger partial charge in [-0.3, -0.25) is 19.4 Å². The molecule has 2 aromatic carbocycles. The Hall–Kier alpha value is -5.41. The quantitative estimate of drug-likeness (QED) is 0.0426. The van der Waals surface area contributed by atoms with Crippen LogP contribution in [-0.4, -0.2) is 87.2 Å². The molecule has 13 N–H and O–H groups in total. The van der Waals surface area contributed by atoms with Crippen LogP contribution in [0.4, 0.5) is 0 Å². The Bertz CT molecular complexity index is 1710. The molecular formula is C31H39N9O6. The van der Waals surface area contributed by atoms with Crippen molar-refractivity contribution in [3.05, 3.63) is 72.1 Å². The van der Waals surface area contributed by atoms with Gasteiger partial charge >= 0.3 is 5.97 Å². The van der Waals surface area contributed by atoms with Crippen molar-refractivity contribution in [3.63, 3.8) is 0 Å². The van der Waals surface area contributed by atoms with E-state index >= 15 is 0 Å². The summed E-state index contributed by atoms with van der Waals surface area (Å²) in [7, 11) is 0. The van der Waals surface area contributed by atoms with Gasteiger partial charge in [0.25, 0.3) is 0 Å². The van der Waals surface area contributed by atoms with Crippen LogP contribution in [0.15, 0.2) is 65.9 Å². The van der Waals surface area contributed by atoms with Crippen molar-refractivity contribution in [3.8, 4) is 0 Å². The van der Waals surface area contributed by atoms with E-state index in [1.54, 1.807) is 12.4 Å². The number of fused-ring (bicyclic) bond motifs is 2. The minimum Gasteiger partial charge on any atom is -0.480 e. The first-order chi connectivity index (χ1) is 22.1. The number of rotatable bonds is 16. The molecule has 3 amide bonds. The lowest BCUT2D eigenvalue weighted by atomic mass is 10.0. The molecule has 0 bridgehead atoms. The maximum atomic E-state index is 13.7. The first kappa shape index (κ1) is 33.5. The number of carboxylic acids is 1. The average molecular weight is 634 g/mol. The third-order valence-corrected chi connectivity index (χ3v) is 7.56. The summed E-state index contributed by atoms with van der Waals surface area (Å²) in [5.74, 6) is -3.62. The Kier molecular flexibility index (Phi) is 11.3. The molecule has 0 saturated carbocycles. The molecule has 0 spiro atoms. The highest BCUT2D eigenvalue weighted by molar-refractivity contribution is 5.95. The highest BCUT2D eigenvalue weighted by atomic mass is 16.4. The number of nitrogens with two attached hydrogens (primary N) is 3. The van der Waals surface area contributed by atoms with Gasteiger partial charge in [0.05, 0.1) is 6.61 Å². The summed E-state index contributed by atoms with van der Waals surface area (Å²) in [6.45, 7) is -0.489. The Labute approximate surface area is 264 Å². The lowest BCUT2D eigenvalue weighted by Crippen LogP contribution is -2.58. The number of aromatic nitrogens is 2. The van der Waals surface area contributed by atoms with E-state index in [0.717, 1.165) is 21.8 Å². The summed E-state index contributed by atoms with van der Waals surface area (Å²) >= 11 is 0. The van der Waals surface area contributed by atoms with Crippen molar-refractivity contribution < 1.29 is 29.4 Å². The maximum absolute atomic E-state index is 13.7. The molecule has 46 heavy (non-hydrogen) atoms. The van der Waals surface area contributed by atoms with E-state index < -0.39 is 54.5 Å². The normalized spacial score (nSPS) is 13.8. The molecule has 244 valence electrons. The van der Waals surface area contributed by atoms with Gasteiger partial charge in [0.1, 0.15) is 24.2 Å². The van der Waals surface area contributed by atoms with E-state index in [-0.39, 0.29) is 38.2 Å². The standard InChI is InChI=1S/C31H39N9O6/c32-21(16-41)27(42)39-25(12-17-14-36-22-8-3-1-6-19(17)22)29(44)38-24(10-5-11-35-31(33)34)28(43)40-26(30(45)46)13-18-15-37-23-9-4-2-7-20(18)23/h1-4,6-9,14-15,21,24-26,36-37,41H,5,10-13,16,32H2,(H,38,44)(H,39,42)(H,40,43)(H,45,46)(H4,33,34,35). The fourth-order valence-electron chi connectivity index (χ4n) is 5.13. The number of nitrogens with zero attached hydrogens (tertiary/aromatic N) is 1. The minimum atomic E-state index is -1.31. The van der Waals surface area contributed by atoms with Crippen LogP contribution in [0.25, 0.3) is 21.8 Å². The van der Waals surface area contributed by atoms with Crippen molar-refractivity contribution in [2.75, 3.05) is 13.2 Å². The van der Waals surface area contributed by atoms with Gasteiger partial charge in [-0.05, 0) is 36.1 Å². The number of benzene rings is 2. The number of H-pyrrole nitrogens is 2. The highest BCUT2D eigenvalue weighted by Gasteiger charge is 2.31. The number of aromatic amines is 2. The van der Waals surface area contributed by atoms with Crippen molar-refractivity contribution in [1.82, 2.24) is 25.9 Å². The average Bonchev–Trinajstić information content (AvgIpc) is 3.65. The van der Waals surface area contributed by atoms with Gasteiger partial charge in [0, 0.05) is 53.6 Å². The van der Waals surface area contributed by atoms with E-state index in [0.29, 0.717) is 11.1 Å². The zero-order valence-corrected chi connectivity index (χ0v) is 25.0. The molecule has 0 saturated heterocycles. The second-order valence-corrected chi connectivity index (χ2v) is 10.9. The monoisotopic (exact) mass is 633 g/mol. The summed E-state index contributed by atoms with van der Waals surface area (Å²) < 4.78 is 0. The van der Waals surface area contributed by atoms with Crippen molar-refractivity contribution in [2.24, 2.45) is 22.2 Å².